The summed E-state index contributed by atoms with van der Waals surface area (Å²) in [6.07, 6.45) is 3.61. The van der Waals surface area contributed by atoms with Crippen molar-refractivity contribution in [1.29, 1.82) is 0 Å². The molecule has 210 valence electrons. The van der Waals surface area contributed by atoms with Crippen LogP contribution in [0.3, 0.4) is 0 Å². The van der Waals surface area contributed by atoms with Crippen molar-refractivity contribution in [1.82, 2.24) is 24.1 Å². The van der Waals surface area contributed by atoms with Crippen LogP contribution in [0, 0.1) is 13.8 Å². The molecule has 1 fully saturated rings. The standard InChI is InChI=1S/C29H34N6O4S/c1-18-8-9-20(24(15-27(36)37)25-14-21-12-19(2)31-32-28(21)33(25)3)13-22(18)16-34-17-23-6-5-11-35(23)29-26(40(34,38)39)7-4-10-30-29/h4,7-10,12-14,23-24,38-39H,5-6,11,15-17H2,1-3H3,(H,36,37)/t23-,24?/m0/s1. The first-order valence-electron chi connectivity index (χ1n) is 13.5. The minimum atomic E-state index is -3.29. The number of carbonyl (C=O) groups is 1. The highest BCUT2D eigenvalue weighted by molar-refractivity contribution is 8.22. The largest absolute Gasteiger partial charge is 0.481 e. The number of hydrogen-bond acceptors (Lipinski definition) is 8. The Morgan fingerprint density at radius 3 is 2.77 bits per heavy atom. The third-order valence-electron chi connectivity index (χ3n) is 8.26. The van der Waals surface area contributed by atoms with Crippen LogP contribution >= 0.6 is 10.8 Å². The van der Waals surface area contributed by atoms with Gasteiger partial charge in [0, 0.05) is 55.9 Å². The zero-order valence-electron chi connectivity index (χ0n) is 22.9. The van der Waals surface area contributed by atoms with Crippen molar-refractivity contribution in [3.63, 3.8) is 0 Å². The van der Waals surface area contributed by atoms with Crippen LogP contribution in [0.5, 0.6) is 0 Å². The van der Waals surface area contributed by atoms with Crippen LogP contribution in [0.4, 0.5) is 5.82 Å². The van der Waals surface area contributed by atoms with E-state index in [2.05, 4.69) is 20.1 Å². The lowest BCUT2D eigenvalue weighted by Crippen LogP contribution is -2.38. The summed E-state index contributed by atoms with van der Waals surface area (Å²) >= 11 is 0. The van der Waals surface area contributed by atoms with Gasteiger partial charge in [-0.05, 0) is 67.6 Å². The molecule has 10 nitrogen and oxygen atoms in total. The second-order valence-corrected chi connectivity index (χ2v) is 12.9. The van der Waals surface area contributed by atoms with Crippen LogP contribution in [0.25, 0.3) is 11.0 Å². The number of fused-ring (bicyclic) bond motifs is 4. The molecule has 40 heavy (non-hydrogen) atoms. The zero-order valence-corrected chi connectivity index (χ0v) is 23.7. The first-order valence-corrected chi connectivity index (χ1v) is 15.0. The van der Waals surface area contributed by atoms with Gasteiger partial charge in [0.1, 0.15) is 4.90 Å². The molecule has 4 aromatic rings. The number of carboxylic acid groups (broad SMARTS) is 1. The number of pyridine rings is 1. The van der Waals surface area contributed by atoms with Crippen molar-refractivity contribution in [2.24, 2.45) is 7.05 Å². The molecule has 2 aliphatic rings. The van der Waals surface area contributed by atoms with E-state index in [0.717, 1.165) is 52.9 Å². The summed E-state index contributed by atoms with van der Waals surface area (Å²) in [7, 11) is -1.41. The lowest BCUT2D eigenvalue weighted by Gasteiger charge is -2.42. The Morgan fingerprint density at radius 2 is 1.98 bits per heavy atom. The van der Waals surface area contributed by atoms with Crippen molar-refractivity contribution in [3.05, 3.63) is 76.7 Å². The highest BCUT2D eigenvalue weighted by Gasteiger charge is 2.40. The van der Waals surface area contributed by atoms with Crippen LogP contribution in [-0.2, 0) is 18.4 Å². The molecule has 3 N–H and O–H groups in total. The number of rotatable bonds is 6. The summed E-state index contributed by atoms with van der Waals surface area (Å²) in [5.41, 5.74) is 5.13. The van der Waals surface area contributed by atoms with Crippen LogP contribution in [0.15, 0.2) is 53.6 Å². The highest BCUT2D eigenvalue weighted by atomic mass is 32.3. The van der Waals surface area contributed by atoms with Gasteiger partial charge in [0.25, 0.3) is 0 Å². The normalized spacial score (nSPS) is 20.1. The Balaban J connectivity index is 1.39. The van der Waals surface area contributed by atoms with E-state index in [4.69, 9.17) is 0 Å². The molecule has 0 aliphatic carbocycles. The Morgan fingerprint density at radius 1 is 1.15 bits per heavy atom. The predicted molar refractivity (Wildman–Crippen MR) is 155 cm³/mol. The number of carboxylic acids is 1. The molecule has 0 bridgehead atoms. The number of benzene rings is 1. The third kappa shape index (κ3) is 4.62. The summed E-state index contributed by atoms with van der Waals surface area (Å²) < 4.78 is 26.9. The summed E-state index contributed by atoms with van der Waals surface area (Å²) in [6, 6.07) is 13.6. The Hall–Kier alpha value is -3.51. The van der Waals surface area contributed by atoms with E-state index >= 15 is 0 Å². The van der Waals surface area contributed by atoms with Gasteiger partial charge in [-0.1, -0.05) is 18.2 Å². The average molecular weight is 563 g/mol. The van der Waals surface area contributed by atoms with E-state index in [0.29, 0.717) is 29.5 Å². The average Bonchev–Trinajstić information content (AvgIpc) is 3.49. The monoisotopic (exact) mass is 562 g/mol. The lowest BCUT2D eigenvalue weighted by atomic mass is 9.89. The molecule has 0 spiro atoms. The SMILES string of the molecule is Cc1cc2cc(C(CC(=O)O)c3ccc(C)c(CN4C[C@@H]5CCCN5c5ncccc5S4(O)O)c3)n(C)c2nn1. The maximum Gasteiger partial charge on any atom is 0.304 e. The second-order valence-electron chi connectivity index (χ2n) is 10.9. The molecule has 2 atom stereocenters. The second kappa shape index (κ2) is 10.2. The van der Waals surface area contributed by atoms with Crippen LogP contribution < -0.4 is 4.90 Å². The minimum Gasteiger partial charge on any atom is -0.481 e. The quantitative estimate of drug-likeness (QED) is 0.294. The number of aliphatic carboxylic acids is 1. The van der Waals surface area contributed by atoms with Gasteiger partial charge in [0.15, 0.2) is 11.5 Å². The van der Waals surface area contributed by atoms with Crippen LogP contribution in [0.2, 0.25) is 0 Å². The van der Waals surface area contributed by atoms with E-state index in [1.165, 1.54) is 0 Å². The molecule has 3 aromatic heterocycles. The fourth-order valence-corrected chi connectivity index (χ4v) is 7.82. The maximum absolute atomic E-state index is 12.0. The fraction of sp³-hybridized carbons (Fsp3) is 0.379. The van der Waals surface area contributed by atoms with Gasteiger partial charge in [-0.2, -0.15) is 9.40 Å². The molecule has 0 saturated carbocycles. The molecule has 0 radical (unpaired) electrons. The number of anilines is 1. The molecule has 5 heterocycles. The summed E-state index contributed by atoms with van der Waals surface area (Å²) in [4.78, 5) is 19.2. The molecule has 1 saturated heterocycles. The van der Waals surface area contributed by atoms with Crippen molar-refractivity contribution < 1.29 is 19.0 Å². The molecule has 1 unspecified atom stereocenters. The first kappa shape index (κ1) is 26.7. The first-order chi connectivity index (χ1) is 19.1. The van der Waals surface area contributed by atoms with Crippen molar-refractivity contribution in [2.45, 2.75) is 56.5 Å². The van der Waals surface area contributed by atoms with E-state index in [-0.39, 0.29) is 12.5 Å². The molecule has 0 amide bonds. The van der Waals surface area contributed by atoms with Crippen molar-refractivity contribution >= 4 is 33.6 Å². The summed E-state index contributed by atoms with van der Waals surface area (Å²) in [5.74, 6) is -0.656. The predicted octanol–water partition coefficient (Wildman–Crippen LogP) is 5.10. The summed E-state index contributed by atoms with van der Waals surface area (Å²) in [5, 5.41) is 19.3. The third-order valence-corrected chi connectivity index (χ3v) is 10.2. The van der Waals surface area contributed by atoms with Crippen molar-refractivity contribution in [3.8, 4) is 0 Å². The fourth-order valence-electron chi connectivity index (χ4n) is 6.17. The number of aromatic nitrogens is 4. The van der Waals surface area contributed by atoms with Gasteiger partial charge in [-0.25, -0.2) is 4.98 Å². The zero-order chi connectivity index (χ0) is 28.2. The minimum absolute atomic E-state index is 0.0892. The van der Waals surface area contributed by atoms with Gasteiger partial charge in [-0.3, -0.25) is 13.9 Å². The Bertz CT molecular complexity index is 1600. The highest BCUT2D eigenvalue weighted by Crippen LogP contribution is 2.58. The molecular weight excluding hydrogens is 528 g/mol. The van der Waals surface area contributed by atoms with Gasteiger partial charge in [-0.15, -0.1) is 15.9 Å². The molecule has 1 aromatic carbocycles. The van der Waals surface area contributed by atoms with E-state index in [9.17, 15) is 19.0 Å². The maximum atomic E-state index is 12.0. The number of nitrogens with zero attached hydrogens (tertiary/aromatic N) is 6. The smallest absolute Gasteiger partial charge is 0.304 e. The van der Waals surface area contributed by atoms with Gasteiger partial charge in [0.05, 0.1) is 12.1 Å². The van der Waals surface area contributed by atoms with E-state index < -0.39 is 22.7 Å². The van der Waals surface area contributed by atoms with Gasteiger partial charge < -0.3 is 14.6 Å². The topological polar surface area (TPSA) is 128 Å². The molecule has 11 heteroatoms. The molecule has 6 rings (SSSR count). The Kier molecular flexibility index (Phi) is 6.78. The van der Waals surface area contributed by atoms with E-state index in [1.807, 2.05) is 55.8 Å². The van der Waals surface area contributed by atoms with E-state index in [1.54, 1.807) is 22.6 Å². The summed E-state index contributed by atoms with van der Waals surface area (Å²) in [6.45, 7) is 5.55. The van der Waals surface area contributed by atoms with Gasteiger partial charge >= 0.3 is 5.97 Å². The van der Waals surface area contributed by atoms with Gasteiger partial charge in [0.2, 0.25) is 0 Å². The lowest BCUT2D eigenvalue weighted by molar-refractivity contribution is -0.137. The molecular formula is C29H34N6O4S. The van der Waals surface area contributed by atoms with Crippen molar-refractivity contribution in [2.75, 3.05) is 18.0 Å². The van der Waals surface area contributed by atoms with Crippen LogP contribution in [-0.4, -0.2) is 63.4 Å². The molecule has 2 aliphatic heterocycles. The number of hydrogen-bond donors (Lipinski definition) is 3. The van der Waals surface area contributed by atoms with Crippen LogP contribution in [0.1, 0.15) is 53.3 Å². The Labute approximate surface area is 234 Å². The number of aryl methyl sites for hydroxylation is 3.